The zero-order valence-electron chi connectivity index (χ0n) is 19.6. The van der Waals surface area contributed by atoms with Gasteiger partial charge in [-0.05, 0) is 36.2 Å². The lowest BCUT2D eigenvalue weighted by Crippen LogP contribution is -2.60. The molecule has 36 heavy (non-hydrogen) atoms. The summed E-state index contributed by atoms with van der Waals surface area (Å²) in [6.45, 7) is 1.30. The average Bonchev–Trinajstić information content (AvgIpc) is 2.84. The lowest BCUT2D eigenvalue weighted by Gasteiger charge is -2.41. The van der Waals surface area contributed by atoms with Crippen LogP contribution in [0.2, 0.25) is 0 Å². The van der Waals surface area contributed by atoms with Crippen molar-refractivity contribution in [2.75, 3.05) is 44.7 Å². The van der Waals surface area contributed by atoms with E-state index in [1.165, 1.54) is 12.1 Å². The number of hydrogen-bond donors (Lipinski definition) is 2. The summed E-state index contributed by atoms with van der Waals surface area (Å²) in [7, 11) is 0. The Hall–Kier alpha value is -3.37. The Bertz CT molecular complexity index is 1120. The third-order valence-corrected chi connectivity index (χ3v) is 6.09. The summed E-state index contributed by atoms with van der Waals surface area (Å²) in [4.78, 5) is 27.5. The van der Waals surface area contributed by atoms with Crippen LogP contribution in [0.25, 0.3) is 0 Å². The molecule has 0 radical (unpaired) electrons. The second kappa shape index (κ2) is 11.1. The second-order valence-corrected chi connectivity index (χ2v) is 8.77. The molecule has 0 saturated carbocycles. The molecule has 1 spiro atoms. The molecule has 2 heterocycles. The number of hydrogen-bond acceptors (Lipinski definition) is 5. The lowest BCUT2D eigenvalue weighted by atomic mass is 9.94. The summed E-state index contributed by atoms with van der Waals surface area (Å²) < 4.78 is 50.7. The molecule has 0 bridgehead atoms. The standard InChI is InChI=1S/C26H28F3N3O4/c27-26(28,29)20-8-5-9-21(16-20)31-23(33)17-32-13-15-36-25(18-32)11-4-3-7-19-6-1-2-10-22(19)35-14-12-30-24(25)34/h1-6,8-10,16H,7,11-15,17-18H2,(H,30,34)(H,31,33). The van der Waals surface area contributed by atoms with Gasteiger partial charge in [-0.3, -0.25) is 14.5 Å². The maximum Gasteiger partial charge on any atom is 0.416 e. The fourth-order valence-corrected chi connectivity index (χ4v) is 4.31. The van der Waals surface area contributed by atoms with Gasteiger partial charge in [0, 0.05) is 25.2 Å². The second-order valence-electron chi connectivity index (χ2n) is 8.77. The van der Waals surface area contributed by atoms with E-state index in [0.29, 0.717) is 26.0 Å². The first-order valence-electron chi connectivity index (χ1n) is 11.7. The molecule has 0 aliphatic carbocycles. The predicted octanol–water partition coefficient (Wildman–Crippen LogP) is 3.41. The van der Waals surface area contributed by atoms with Crippen LogP contribution in [0.3, 0.4) is 0 Å². The first kappa shape index (κ1) is 25.7. The minimum atomic E-state index is -4.50. The predicted molar refractivity (Wildman–Crippen MR) is 128 cm³/mol. The van der Waals surface area contributed by atoms with Crippen LogP contribution in [-0.4, -0.2) is 61.7 Å². The molecule has 1 atom stereocenters. The number of allylic oxidation sites excluding steroid dienone is 1. The van der Waals surface area contributed by atoms with Crippen molar-refractivity contribution in [2.24, 2.45) is 0 Å². The van der Waals surface area contributed by atoms with Crippen LogP contribution in [0.1, 0.15) is 17.5 Å². The molecule has 2 amide bonds. The summed E-state index contributed by atoms with van der Waals surface area (Å²) in [6, 6.07) is 12.2. The minimum Gasteiger partial charge on any atom is -0.491 e. The highest BCUT2D eigenvalue weighted by Crippen LogP contribution is 2.31. The number of carbonyl (C=O) groups is 2. The number of fused-ring (bicyclic) bond motifs is 1. The Labute approximate surface area is 207 Å². The molecule has 4 rings (SSSR count). The molecule has 2 aliphatic rings. The van der Waals surface area contributed by atoms with Crippen molar-refractivity contribution >= 4 is 17.5 Å². The number of amides is 2. The van der Waals surface area contributed by atoms with Gasteiger partial charge in [0.15, 0.2) is 5.60 Å². The number of carbonyl (C=O) groups excluding carboxylic acids is 2. The first-order valence-corrected chi connectivity index (χ1v) is 11.7. The van der Waals surface area contributed by atoms with Gasteiger partial charge in [-0.2, -0.15) is 13.2 Å². The van der Waals surface area contributed by atoms with Gasteiger partial charge in [0.2, 0.25) is 5.91 Å². The van der Waals surface area contributed by atoms with Crippen molar-refractivity contribution in [2.45, 2.75) is 24.6 Å². The van der Waals surface area contributed by atoms with Gasteiger partial charge in [0.05, 0.1) is 25.3 Å². The van der Waals surface area contributed by atoms with E-state index < -0.39 is 23.2 Å². The summed E-state index contributed by atoms with van der Waals surface area (Å²) >= 11 is 0. The van der Waals surface area contributed by atoms with E-state index in [2.05, 4.69) is 10.6 Å². The van der Waals surface area contributed by atoms with Gasteiger partial charge in [0.1, 0.15) is 12.4 Å². The molecule has 1 unspecified atom stereocenters. The number of alkyl halides is 3. The highest BCUT2D eigenvalue weighted by Gasteiger charge is 2.43. The topological polar surface area (TPSA) is 79.9 Å². The third-order valence-electron chi connectivity index (χ3n) is 6.09. The number of anilines is 1. The molecule has 2 aromatic carbocycles. The number of nitrogens with zero attached hydrogens (tertiary/aromatic N) is 1. The number of benzene rings is 2. The van der Waals surface area contributed by atoms with Gasteiger partial charge in [-0.1, -0.05) is 36.4 Å². The van der Waals surface area contributed by atoms with Crippen LogP contribution in [0.5, 0.6) is 5.75 Å². The van der Waals surface area contributed by atoms with Gasteiger partial charge in [-0.25, -0.2) is 0 Å². The molecule has 10 heteroatoms. The van der Waals surface area contributed by atoms with Crippen molar-refractivity contribution in [1.82, 2.24) is 10.2 Å². The molecule has 2 aromatic rings. The Balaban J connectivity index is 1.42. The monoisotopic (exact) mass is 503 g/mol. The van der Waals surface area contributed by atoms with Crippen LogP contribution in [0, 0.1) is 0 Å². The van der Waals surface area contributed by atoms with E-state index in [4.69, 9.17) is 9.47 Å². The molecular formula is C26H28F3N3O4. The molecule has 2 aliphatic heterocycles. The van der Waals surface area contributed by atoms with E-state index in [0.717, 1.165) is 23.4 Å². The Morgan fingerprint density at radius 1 is 1.11 bits per heavy atom. The van der Waals surface area contributed by atoms with Crippen LogP contribution < -0.4 is 15.4 Å². The number of halogens is 3. The summed E-state index contributed by atoms with van der Waals surface area (Å²) in [5.74, 6) is 0.00615. The van der Waals surface area contributed by atoms with Crippen LogP contribution in [0.4, 0.5) is 18.9 Å². The molecule has 1 fully saturated rings. The Morgan fingerprint density at radius 3 is 2.78 bits per heavy atom. The molecule has 1 saturated heterocycles. The zero-order valence-corrected chi connectivity index (χ0v) is 19.6. The zero-order chi connectivity index (χ0) is 25.6. The highest BCUT2D eigenvalue weighted by molar-refractivity contribution is 5.92. The Morgan fingerprint density at radius 2 is 1.94 bits per heavy atom. The van der Waals surface area contributed by atoms with E-state index in [-0.39, 0.29) is 37.8 Å². The normalized spacial score (nSPS) is 21.5. The minimum absolute atomic E-state index is 0.0600. The fraction of sp³-hybridized carbons (Fsp3) is 0.385. The van der Waals surface area contributed by atoms with Gasteiger partial charge in [-0.15, -0.1) is 0 Å². The lowest BCUT2D eigenvalue weighted by molar-refractivity contribution is -0.160. The average molecular weight is 504 g/mol. The fourth-order valence-electron chi connectivity index (χ4n) is 4.31. The van der Waals surface area contributed by atoms with E-state index in [9.17, 15) is 22.8 Å². The summed E-state index contributed by atoms with van der Waals surface area (Å²) in [5, 5.41) is 5.39. The summed E-state index contributed by atoms with van der Waals surface area (Å²) in [5.41, 5.74) is -0.935. The summed E-state index contributed by atoms with van der Waals surface area (Å²) in [6.07, 6.45) is 0.301. The number of ether oxygens (including phenoxy) is 2. The number of para-hydroxylation sites is 1. The maximum absolute atomic E-state index is 13.1. The number of nitrogens with one attached hydrogen (secondary N) is 2. The van der Waals surface area contributed by atoms with E-state index in [1.54, 1.807) is 4.90 Å². The van der Waals surface area contributed by atoms with Gasteiger partial charge in [0.25, 0.3) is 5.91 Å². The largest absolute Gasteiger partial charge is 0.491 e. The van der Waals surface area contributed by atoms with Gasteiger partial charge >= 0.3 is 6.18 Å². The van der Waals surface area contributed by atoms with Gasteiger partial charge < -0.3 is 20.1 Å². The van der Waals surface area contributed by atoms with Crippen LogP contribution in [-0.2, 0) is 26.9 Å². The van der Waals surface area contributed by atoms with Crippen LogP contribution in [0.15, 0.2) is 60.7 Å². The SMILES string of the molecule is O=C(CN1CCOC2(CC=CCc3ccccc3OCCNC2=O)C1)Nc1cccc(C(F)(F)F)c1. The van der Waals surface area contributed by atoms with Crippen LogP contribution >= 0.6 is 0 Å². The maximum atomic E-state index is 13.1. The molecule has 192 valence electrons. The van der Waals surface area contributed by atoms with Crippen molar-refractivity contribution < 1.29 is 32.2 Å². The highest BCUT2D eigenvalue weighted by atomic mass is 19.4. The van der Waals surface area contributed by atoms with E-state index >= 15 is 0 Å². The molecule has 2 N–H and O–H groups in total. The molecule has 0 aromatic heterocycles. The first-order chi connectivity index (χ1) is 17.2. The Kier molecular flexibility index (Phi) is 7.95. The number of rotatable bonds is 3. The van der Waals surface area contributed by atoms with E-state index in [1.807, 2.05) is 36.4 Å². The number of morpholine rings is 1. The molecular weight excluding hydrogens is 475 g/mol. The van der Waals surface area contributed by atoms with Crippen molar-refractivity contribution in [3.8, 4) is 5.75 Å². The quantitative estimate of drug-likeness (QED) is 0.628. The third kappa shape index (κ3) is 6.44. The smallest absolute Gasteiger partial charge is 0.416 e. The molecule has 7 nitrogen and oxygen atoms in total. The van der Waals surface area contributed by atoms with Crippen molar-refractivity contribution in [3.63, 3.8) is 0 Å². The van der Waals surface area contributed by atoms with Crippen molar-refractivity contribution in [3.05, 3.63) is 71.8 Å². The van der Waals surface area contributed by atoms with Crippen molar-refractivity contribution in [1.29, 1.82) is 0 Å².